The number of fused-ring (bicyclic) bond motifs is 1. The van der Waals surface area contributed by atoms with Gasteiger partial charge in [-0.1, -0.05) is 13.8 Å². The summed E-state index contributed by atoms with van der Waals surface area (Å²) in [4.78, 5) is 16.1. The van der Waals surface area contributed by atoms with Gasteiger partial charge in [-0.25, -0.2) is 14.2 Å². The molecule has 7 heteroatoms. The van der Waals surface area contributed by atoms with Crippen LogP contribution in [0.4, 0.5) is 10.3 Å². The minimum absolute atomic E-state index is 0.0751. The predicted octanol–water partition coefficient (Wildman–Crippen LogP) is 2.89. The number of hydrogen-bond donors (Lipinski definition) is 1. The Morgan fingerprint density at radius 1 is 1.50 bits per heavy atom. The van der Waals surface area contributed by atoms with Gasteiger partial charge in [0.15, 0.2) is 0 Å². The van der Waals surface area contributed by atoms with Gasteiger partial charge in [-0.3, -0.25) is 4.57 Å². The van der Waals surface area contributed by atoms with Crippen LogP contribution in [0, 0.1) is 11.7 Å². The van der Waals surface area contributed by atoms with Crippen LogP contribution in [0.3, 0.4) is 0 Å². The van der Waals surface area contributed by atoms with Crippen LogP contribution in [0.1, 0.15) is 19.9 Å². The Labute approximate surface area is 124 Å². The summed E-state index contributed by atoms with van der Waals surface area (Å²) in [5.74, 6) is -0.796. The zero-order valence-corrected chi connectivity index (χ0v) is 12.9. The van der Waals surface area contributed by atoms with Crippen molar-refractivity contribution in [1.29, 1.82) is 0 Å². The molecule has 1 unspecified atom stereocenters. The number of esters is 1. The Morgan fingerprint density at radius 3 is 2.70 bits per heavy atom. The highest BCUT2D eigenvalue weighted by Gasteiger charge is 2.29. The molecule has 20 heavy (non-hydrogen) atoms. The number of anilines is 1. The topological polar surface area (TPSA) is 70.1 Å². The Bertz CT molecular complexity index is 669. The summed E-state index contributed by atoms with van der Waals surface area (Å²) in [7, 11) is 1.31. The van der Waals surface area contributed by atoms with Crippen molar-refractivity contribution in [1.82, 2.24) is 9.55 Å². The number of halogens is 2. The lowest BCUT2D eigenvalue weighted by atomic mass is 10.0. The van der Waals surface area contributed by atoms with Crippen LogP contribution >= 0.6 is 15.9 Å². The van der Waals surface area contributed by atoms with Crippen LogP contribution in [0.5, 0.6) is 0 Å². The van der Waals surface area contributed by atoms with Gasteiger partial charge >= 0.3 is 5.97 Å². The summed E-state index contributed by atoms with van der Waals surface area (Å²) in [6, 6.07) is 2.19. The lowest BCUT2D eigenvalue weighted by molar-refractivity contribution is -0.145. The van der Waals surface area contributed by atoms with E-state index in [-0.39, 0.29) is 11.9 Å². The van der Waals surface area contributed by atoms with Gasteiger partial charge < -0.3 is 10.5 Å². The summed E-state index contributed by atoms with van der Waals surface area (Å²) in [5, 5.41) is 0. The van der Waals surface area contributed by atoms with Crippen molar-refractivity contribution < 1.29 is 13.9 Å². The van der Waals surface area contributed by atoms with Crippen molar-refractivity contribution in [2.24, 2.45) is 5.92 Å². The minimum Gasteiger partial charge on any atom is -0.467 e. The number of hydrogen-bond acceptors (Lipinski definition) is 4. The molecule has 0 aliphatic rings. The van der Waals surface area contributed by atoms with Gasteiger partial charge in [0.25, 0.3) is 0 Å². The number of ether oxygens (including phenoxy) is 1. The fraction of sp³-hybridized carbons (Fsp3) is 0.385. The second-order valence-corrected chi connectivity index (χ2v) is 5.66. The number of aromatic nitrogens is 2. The number of carbonyl (C=O) groups excluding carboxylic acids is 1. The van der Waals surface area contributed by atoms with Crippen molar-refractivity contribution >= 4 is 38.9 Å². The Hall–Kier alpha value is -1.63. The van der Waals surface area contributed by atoms with E-state index in [2.05, 4.69) is 20.9 Å². The highest BCUT2D eigenvalue weighted by Crippen LogP contribution is 2.31. The van der Waals surface area contributed by atoms with Crippen LogP contribution in [0.2, 0.25) is 0 Å². The quantitative estimate of drug-likeness (QED) is 0.870. The van der Waals surface area contributed by atoms with E-state index < -0.39 is 17.8 Å². The molecule has 1 aromatic heterocycles. The van der Waals surface area contributed by atoms with Crippen LogP contribution in [-0.4, -0.2) is 22.6 Å². The molecule has 0 spiro atoms. The normalized spacial score (nSPS) is 12.9. The van der Waals surface area contributed by atoms with Gasteiger partial charge in [0.2, 0.25) is 5.95 Å². The largest absolute Gasteiger partial charge is 0.467 e. The number of rotatable bonds is 3. The highest BCUT2D eigenvalue weighted by atomic mass is 79.9. The van der Waals surface area contributed by atoms with Gasteiger partial charge in [0.1, 0.15) is 11.9 Å². The Morgan fingerprint density at radius 2 is 2.15 bits per heavy atom. The number of methoxy groups -OCH3 is 1. The number of imidazole rings is 1. The fourth-order valence-electron chi connectivity index (χ4n) is 2.20. The molecule has 2 N–H and O–H groups in total. The zero-order chi connectivity index (χ0) is 15.0. The summed E-state index contributed by atoms with van der Waals surface area (Å²) in [6.45, 7) is 3.73. The standard InChI is InChI=1S/C13H15BrFN3O2/c1-6(2)11(12(19)20-3)18-10-5-8(15)7(14)4-9(10)17-13(18)16/h4-6,11H,1-3H3,(H2,16,17). The molecule has 0 fully saturated rings. The number of nitrogens with two attached hydrogens (primary N) is 1. The fourth-order valence-corrected chi connectivity index (χ4v) is 2.53. The van der Waals surface area contributed by atoms with Crippen LogP contribution in [0.15, 0.2) is 16.6 Å². The molecule has 108 valence electrons. The molecule has 0 saturated carbocycles. The number of benzene rings is 1. The first-order valence-corrected chi connectivity index (χ1v) is 6.86. The number of nitrogen functional groups attached to an aromatic ring is 1. The summed E-state index contributed by atoms with van der Waals surface area (Å²) >= 11 is 3.10. The van der Waals surface area contributed by atoms with Gasteiger partial charge in [0, 0.05) is 6.07 Å². The van der Waals surface area contributed by atoms with Gasteiger partial charge in [-0.2, -0.15) is 0 Å². The molecule has 2 rings (SSSR count). The average Bonchev–Trinajstić information content (AvgIpc) is 2.66. The lowest BCUT2D eigenvalue weighted by Crippen LogP contribution is -2.26. The van der Waals surface area contributed by atoms with Crippen molar-refractivity contribution in [3.05, 3.63) is 22.4 Å². The van der Waals surface area contributed by atoms with Crippen LogP contribution < -0.4 is 5.73 Å². The lowest BCUT2D eigenvalue weighted by Gasteiger charge is -2.21. The summed E-state index contributed by atoms with van der Waals surface area (Å²) in [6.07, 6.45) is 0. The van der Waals surface area contributed by atoms with E-state index >= 15 is 0 Å². The molecule has 1 aromatic carbocycles. The van der Waals surface area contributed by atoms with E-state index in [0.29, 0.717) is 15.5 Å². The Balaban J connectivity index is 2.71. The van der Waals surface area contributed by atoms with Crippen molar-refractivity contribution in [2.45, 2.75) is 19.9 Å². The highest BCUT2D eigenvalue weighted by molar-refractivity contribution is 9.10. The van der Waals surface area contributed by atoms with E-state index in [4.69, 9.17) is 10.5 Å². The molecule has 0 aliphatic heterocycles. The molecule has 0 bridgehead atoms. The van der Waals surface area contributed by atoms with Gasteiger partial charge in [-0.15, -0.1) is 0 Å². The molecule has 1 heterocycles. The summed E-state index contributed by atoms with van der Waals surface area (Å²) in [5.41, 5.74) is 6.87. The van der Waals surface area contributed by atoms with Crippen molar-refractivity contribution in [2.75, 3.05) is 12.8 Å². The number of carbonyl (C=O) groups is 1. The van der Waals surface area contributed by atoms with Crippen LogP contribution in [-0.2, 0) is 9.53 Å². The second kappa shape index (κ2) is 5.40. The molecular formula is C13H15BrFN3O2. The van der Waals surface area contributed by atoms with Crippen molar-refractivity contribution in [3.63, 3.8) is 0 Å². The second-order valence-electron chi connectivity index (χ2n) is 4.81. The molecule has 5 nitrogen and oxygen atoms in total. The molecular weight excluding hydrogens is 329 g/mol. The molecule has 0 saturated heterocycles. The predicted molar refractivity (Wildman–Crippen MR) is 77.7 cm³/mol. The van der Waals surface area contributed by atoms with Gasteiger partial charge in [0.05, 0.1) is 22.6 Å². The van der Waals surface area contributed by atoms with Crippen molar-refractivity contribution in [3.8, 4) is 0 Å². The first-order valence-electron chi connectivity index (χ1n) is 6.07. The first kappa shape index (κ1) is 14.8. The van der Waals surface area contributed by atoms with E-state index in [1.165, 1.54) is 23.8 Å². The Kier molecular flexibility index (Phi) is 3.99. The molecule has 0 radical (unpaired) electrons. The zero-order valence-electron chi connectivity index (χ0n) is 11.4. The first-order chi connectivity index (χ1) is 9.36. The molecule has 1 atom stereocenters. The number of nitrogens with zero attached hydrogens (tertiary/aromatic N) is 2. The third-order valence-electron chi connectivity index (χ3n) is 3.11. The third kappa shape index (κ3) is 2.37. The minimum atomic E-state index is -0.648. The van der Waals surface area contributed by atoms with E-state index in [1.807, 2.05) is 13.8 Å². The smallest absolute Gasteiger partial charge is 0.329 e. The van der Waals surface area contributed by atoms with Gasteiger partial charge in [-0.05, 0) is 27.9 Å². The molecule has 0 amide bonds. The maximum Gasteiger partial charge on any atom is 0.329 e. The molecule has 2 aromatic rings. The van der Waals surface area contributed by atoms with E-state index in [1.54, 1.807) is 0 Å². The van der Waals surface area contributed by atoms with E-state index in [0.717, 1.165) is 0 Å². The van der Waals surface area contributed by atoms with Crippen LogP contribution in [0.25, 0.3) is 11.0 Å². The third-order valence-corrected chi connectivity index (χ3v) is 3.72. The summed E-state index contributed by atoms with van der Waals surface area (Å²) < 4.78 is 20.4. The van der Waals surface area contributed by atoms with E-state index in [9.17, 15) is 9.18 Å². The SMILES string of the molecule is COC(=O)C(C(C)C)n1c(N)nc2cc(Br)c(F)cc21. The monoisotopic (exact) mass is 343 g/mol. The maximum absolute atomic E-state index is 13.7. The molecule has 0 aliphatic carbocycles. The maximum atomic E-state index is 13.7. The average molecular weight is 344 g/mol.